The van der Waals surface area contributed by atoms with Gasteiger partial charge in [-0.15, -0.1) is 0 Å². The van der Waals surface area contributed by atoms with Gasteiger partial charge in [-0.3, -0.25) is 37.3 Å². The van der Waals surface area contributed by atoms with Crippen LogP contribution in [0.25, 0.3) is 0 Å². The summed E-state index contributed by atoms with van der Waals surface area (Å²) >= 11 is 0. The van der Waals surface area contributed by atoms with Gasteiger partial charge in [0.15, 0.2) is 12.2 Å². The van der Waals surface area contributed by atoms with Crippen LogP contribution in [0.2, 0.25) is 0 Å². The smallest absolute Gasteiger partial charge is 0.462 e. The molecule has 63 heavy (non-hydrogen) atoms. The average Bonchev–Trinajstić information content (AvgIpc) is 3.25. The molecule has 0 aromatic rings. The molecule has 0 saturated carbocycles. The average molecular weight is 947 g/mol. The highest BCUT2D eigenvalue weighted by molar-refractivity contribution is 7.47. The Hall–Kier alpha value is -1.94. The molecule has 5 atom stereocenters. The number of hydrogen-bond acceptors (Lipinski definition) is 15. The standard InChI is InChI=1S/C44H84O17P2/c1-5-9-13-16-17-18-19-20-21-22-23-27-29-42(47)55-34-39(60-43(48)30-24-12-8-4)36-58-62(50,51)56-32-38(45)33-57-63(52,53)59-37-40(61-44(49)31-26-15-11-7-3)35-54-41(46)28-25-14-10-6-2/h38-40,45H,5-37H2,1-4H3,(H,50,51)(H,52,53)/t38-,39+,40+/m0/s1. The van der Waals surface area contributed by atoms with Crippen molar-refractivity contribution in [3.63, 3.8) is 0 Å². The summed E-state index contributed by atoms with van der Waals surface area (Å²) in [5.74, 6) is -2.22. The third kappa shape index (κ3) is 40.1. The van der Waals surface area contributed by atoms with Crippen LogP contribution in [0.5, 0.6) is 0 Å². The van der Waals surface area contributed by atoms with Crippen LogP contribution < -0.4 is 0 Å². The van der Waals surface area contributed by atoms with Crippen molar-refractivity contribution in [2.75, 3.05) is 39.6 Å². The zero-order valence-corrected chi connectivity index (χ0v) is 40.8. The van der Waals surface area contributed by atoms with Gasteiger partial charge >= 0.3 is 39.5 Å². The molecule has 19 heteroatoms. The molecular weight excluding hydrogens is 862 g/mol. The minimum atomic E-state index is -4.90. The maximum Gasteiger partial charge on any atom is 0.472 e. The number of aliphatic hydroxyl groups is 1. The Morgan fingerprint density at radius 2 is 0.635 bits per heavy atom. The number of hydrogen-bond donors (Lipinski definition) is 3. The summed E-state index contributed by atoms with van der Waals surface area (Å²) in [6.07, 6.45) is 19.1. The summed E-state index contributed by atoms with van der Waals surface area (Å²) in [5, 5.41) is 10.3. The summed E-state index contributed by atoms with van der Waals surface area (Å²) in [4.78, 5) is 70.0. The number of esters is 4. The number of carbonyl (C=O) groups excluding carboxylic acids is 4. The van der Waals surface area contributed by atoms with Gasteiger partial charge in [0.2, 0.25) is 0 Å². The third-order valence-corrected chi connectivity index (χ3v) is 11.8. The van der Waals surface area contributed by atoms with E-state index in [9.17, 15) is 43.2 Å². The Labute approximate surface area is 377 Å². The summed E-state index contributed by atoms with van der Waals surface area (Å²) in [6, 6.07) is 0. The van der Waals surface area contributed by atoms with Crippen LogP contribution >= 0.6 is 15.6 Å². The molecule has 0 radical (unpaired) electrons. The number of ether oxygens (including phenoxy) is 4. The molecule has 2 unspecified atom stereocenters. The van der Waals surface area contributed by atoms with E-state index in [0.29, 0.717) is 25.7 Å². The lowest BCUT2D eigenvalue weighted by Crippen LogP contribution is -2.30. The maximum atomic E-state index is 12.7. The van der Waals surface area contributed by atoms with Crippen molar-refractivity contribution in [1.29, 1.82) is 0 Å². The first-order valence-electron chi connectivity index (χ1n) is 23.8. The van der Waals surface area contributed by atoms with Crippen molar-refractivity contribution in [3.8, 4) is 0 Å². The van der Waals surface area contributed by atoms with Crippen molar-refractivity contribution >= 4 is 39.5 Å². The number of unbranched alkanes of at least 4 members (excludes halogenated alkanes) is 19. The summed E-state index contributed by atoms with van der Waals surface area (Å²) < 4.78 is 66.1. The van der Waals surface area contributed by atoms with Crippen molar-refractivity contribution in [1.82, 2.24) is 0 Å². The fourth-order valence-corrected chi connectivity index (χ4v) is 7.68. The van der Waals surface area contributed by atoms with Gasteiger partial charge < -0.3 is 33.8 Å². The third-order valence-electron chi connectivity index (χ3n) is 9.85. The number of carbonyl (C=O) groups is 4. The Balaban J connectivity index is 4.93. The lowest BCUT2D eigenvalue weighted by atomic mass is 10.0. The van der Waals surface area contributed by atoms with E-state index in [1.807, 2.05) is 20.8 Å². The first kappa shape index (κ1) is 61.1. The van der Waals surface area contributed by atoms with E-state index in [4.69, 9.17) is 37.0 Å². The Morgan fingerprint density at radius 1 is 0.381 bits per heavy atom. The lowest BCUT2D eigenvalue weighted by Gasteiger charge is -2.21. The zero-order valence-electron chi connectivity index (χ0n) is 39.0. The Bertz CT molecular complexity index is 1270. The SMILES string of the molecule is CCCCCCCCCCCCCCC(=O)OC[C@H](COP(=O)(O)OC[C@H](O)COP(=O)(O)OC[C@@H](COC(=O)CCCCCC)OC(=O)CCCCCC)OC(=O)CCCCC. The molecule has 0 amide bonds. The van der Waals surface area contributed by atoms with E-state index in [2.05, 4.69) is 6.92 Å². The predicted molar refractivity (Wildman–Crippen MR) is 238 cm³/mol. The van der Waals surface area contributed by atoms with E-state index in [-0.39, 0.29) is 25.7 Å². The molecular formula is C44H84O17P2. The van der Waals surface area contributed by atoms with E-state index in [1.165, 1.54) is 51.4 Å². The number of phosphoric ester groups is 2. The minimum absolute atomic E-state index is 0.0899. The van der Waals surface area contributed by atoms with Crippen LogP contribution in [-0.4, -0.2) is 96.7 Å². The molecule has 0 spiro atoms. The van der Waals surface area contributed by atoms with Crippen molar-refractivity contribution in [2.24, 2.45) is 0 Å². The van der Waals surface area contributed by atoms with Gasteiger partial charge in [0.1, 0.15) is 19.3 Å². The first-order chi connectivity index (χ1) is 30.2. The van der Waals surface area contributed by atoms with Crippen LogP contribution in [0.4, 0.5) is 0 Å². The van der Waals surface area contributed by atoms with Crippen molar-refractivity contribution in [3.05, 3.63) is 0 Å². The molecule has 0 aromatic carbocycles. The molecule has 0 rings (SSSR count). The molecule has 0 fully saturated rings. The van der Waals surface area contributed by atoms with Crippen LogP contribution in [0.3, 0.4) is 0 Å². The van der Waals surface area contributed by atoms with Gasteiger partial charge in [0.25, 0.3) is 0 Å². The molecule has 0 heterocycles. The van der Waals surface area contributed by atoms with Crippen molar-refractivity contribution in [2.45, 2.75) is 219 Å². The van der Waals surface area contributed by atoms with Gasteiger partial charge in [-0.25, -0.2) is 9.13 Å². The van der Waals surface area contributed by atoms with Gasteiger partial charge in [-0.05, 0) is 25.7 Å². The fraction of sp³-hybridized carbons (Fsp3) is 0.909. The maximum absolute atomic E-state index is 12.7. The fourth-order valence-electron chi connectivity index (χ4n) is 6.10. The summed E-state index contributed by atoms with van der Waals surface area (Å²) in [7, 11) is -9.80. The minimum Gasteiger partial charge on any atom is -0.462 e. The topological polar surface area (TPSA) is 237 Å². The molecule has 0 aliphatic carbocycles. The molecule has 372 valence electrons. The molecule has 0 saturated heterocycles. The summed E-state index contributed by atoms with van der Waals surface area (Å²) in [6.45, 7) is 4.28. The predicted octanol–water partition coefficient (Wildman–Crippen LogP) is 10.1. The van der Waals surface area contributed by atoms with E-state index in [1.54, 1.807) is 0 Å². The van der Waals surface area contributed by atoms with E-state index in [0.717, 1.165) is 70.6 Å². The molecule has 3 N–H and O–H groups in total. The number of rotatable bonds is 45. The first-order valence-corrected chi connectivity index (χ1v) is 26.8. The monoisotopic (exact) mass is 947 g/mol. The molecule has 0 aliphatic heterocycles. The molecule has 0 bridgehead atoms. The van der Waals surface area contributed by atoms with Crippen molar-refractivity contribution < 1.29 is 80.2 Å². The summed E-state index contributed by atoms with van der Waals surface area (Å²) in [5.41, 5.74) is 0. The van der Waals surface area contributed by atoms with Crippen LogP contribution in [0, 0.1) is 0 Å². The Morgan fingerprint density at radius 3 is 0.984 bits per heavy atom. The largest absolute Gasteiger partial charge is 0.472 e. The second-order valence-corrected chi connectivity index (χ2v) is 19.0. The second kappa shape index (κ2) is 40.3. The second-order valence-electron chi connectivity index (χ2n) is 16.1. The highest BCUT2D eigenvalue weighted by Crippen LogP contribution is 2.45. The number of aliphatic hydroxyl groups excluding tert-OH is 1. The molecule has 0 aromatic heterocycles. The van der Waals surface area contributed by atoms with E-state index >= 15 is 0 Å². The van der Waals surface area contributed by atoms with E-state index < -0.39 is 97.5 Å². The van der Waals surface area contributed by atoms with Gasteiger partial charge in [0.05, 0.1) is 26.4 Å². The van der Waals surface area contributed by atoms with Crippen LogP contribution in [0.1, 0.15) is 201 Å². The number of phosphoric acid groups is 2. The normalized spacial score (nSPS) is 14.8. The van der Waals surface area contributed by atoms with Gasteiger partial charge in [-0.1, -0.05) is 150 Å². The van der Waals surface area contributed by atoms with Crippen LogP contribution in [0.15, 0.2) is 0 Å². The lowest BCUT2D eigenvalue weighted by molar-refractivity contribution is -0.161. The Kier molecular flexibility index (Phi) is 39.1. The van der Waals surface area contributed by atoms with Gasteiger partial charge in [0, 0.05) is 25.7 Å². The van der Waals surface area contributed by atoms with Crippen LogP contribution in [-0.2, 0) is 65.4 Å². The highest BCUT2D eigenvalue weighted by Gasteiger charge is 2.30. The molecule has 17 nitrogen and oxygen atoms in total. The van der Waals surface area contributed by atoms with Gasteiger partial charge in [-0.2, -0.15) is 0 Å². The molecule has 0 aliphatic rings. The highest BCUT2D eigenvalue weighted by atomic mass is 31.2. The zero-order chi connectivity index (χ0) is 47.0. The quantitative estimate of drug-likeness (QED) is 0.0223.